The Balaban J connectivity index is 1.84. The van der Waals surface area contributed by atoms with E-state index in [1.807, 2.05) is 12.1 Å². The van der Waals surface area contributed by atoms with Crippen LogP contribution in [0.4, 0.5) is 5.69 Å². The number of aromatic carboxylic acids is 1. The van der Waals surface area contributed by atoms with E-state index in [0.29, 0.717) is 21.3 Å². The average molecular weight is 339 g/mol. The van der Waals surface area contributed by atoms with Crippen molar-refractivity contribution in [2.75, 3.05) is 5.32 Å². The summed E-state index contributed by atoms with van der Waals surface area (Å²) in [6.45, 7) is 1.76. The number of hydrogen-bond acceptors (Lipinski definition) is 5. The largest absolute Gasteiger partial charge is 0.478 e. The van der Waals surface area contributed by atoms with E-state index in [2.05, 4.69) is 15.3 Å². The summed E-state index contributed by atoms with van der Waals surface area (Å²) in [6.07, 6.45) is 3.36. The zero-order chi connectivity index (χ0) is 17.1. The van der Waals surface area contributed by atoms with Crippen molar-refractivity contribution < 1.29 is 14.7 Å². The van der Waals surface area contributed by atoms with Gasteiger partial charge in [-0.2, -0.15) is 0 Å². The highest BCUT2D eigenvalue weighted by atomic mass is 32.1. The predicted octanol–water partition coefficient (Wildman–Crippen LogP) is 3.46. The molecule has 2 N–H and O–H groups in total. The summed E-state index contributed by atoms with van der Waals surface area (Å²) < 4.78 is 0. The molecule has 0 atom stereocenters. The Morgan fingerprint density at radius 1 is 1.21 bits per heavy atom. The number of nitrogens with one attached hydrogen (secondary N) is 1. The third-order valence-electron chi connectivity index (χ3n) is 3.28. The molecule has 2 aromatic heterocycles. The van der Waals surface area contributed by atoms with Crippen molar-refractivity contribution in [3.63, 3.8) is 0 Å². The maximum absolute atomic E-state index is 12.5. The van der Waals surface area contributed by atoms with Gasteiger partial charge in [0.2, 0.25) is 0 Å². The minimum Gasteiger partial charge on any atom is -0.478 e. The van der Waals surface area contributed by atoms with Crippen molar-refractivity contribution in [2.24, 2.45) is 0 Å². The van der Waals surface area contributed by atoms with Crippen LogP contribution in [0.3, 0.4) is 0 Å². The van der Waals surface area contributed by atoms with Crippen molar-refractivity contribution in [1.82, 2.24) is 9.97 Å². The van der Waals surface area contributed by atoms with Gasteiger partial charge < -0.3 is 10.4 Å². The summed E-state index contributed by atoms with van der Waals surface area (Å²) >= 11 is 1.27. The quantitative estimate of drug-likeness (QED) is 0.759. The lowest BCUT2D eigenvalue weighted by atomic mass is 10.2. The van der Waals surface area contributed by atoms with Crippen LogP contribution in [0.5, 0.6) is 0 Å². The fraction of sp³-hybridized carbons (Fsp3) is 0.0588. The fourth-order valence-electron chi connectivity index (χ4n) is 2.14. The Kier molecular flexibility index (Phi) is 4.35. The van der Waals surface area contributed by atoms with Gasteiger partial charge in [-0.3, -0.25) is 9.78 Å². The Labute approximate surface area is 141 Å². The van der Waals surface area contributed by atoms with Crippen LogP contribution < -0.4 is 5.32 Å². The van der Waals surface area contributed by atoms with E-state index >= 15 is 0 Å². The molecule has 0 bridgehead atoms. The summed E-state index contributed by atoms with van der Waals surface area (Å²) in [5, 5.41) is 12.4. The number of carbonyl (C=O) groups excluding carboxylic acids is 1. The number of aromatic nitrogens is 2. The highest BCUT2D eigenvalue weighted by Gasteiger charge is 2.17. The molecule has 6 nitrogen and oxygen atoms in total. The van der Waals surface area contributed by atoms with Crippen molar-refractivity contribution in [3.8, 4) is 10.6 Å². The number of aryl methyl sites for hydroxylation is 1. The molecule has 24 heavy (non-hydrogen) atoms. The zero-order valence-corrected chi connectivity index (χ0v) is 13.5. The molecule has 3 aromatic rings. The lowest BCUT2D eigenvalue weighted by Crippen LogP contribution is -2.12. The molecule has 120 valence electrons. The lowest BCUT2D eigenvalue weighted by Gasteiger charge is -2.04. The van der Waals surface area contributed by atoms with Gasteiger partial charge in [0.15, 0.2) is 0 Å². The second-order valence-electron chi connectivity index (χ2n) is 5.02. The minimum absolute atomic E-state index is 0.116. The lowest BCUT2D eigenvalue weighted by molar-refractivity contribution is 0.0696. The van der Waals surface area contributed by atoms with Crippen LogP contribution in [0.1, 0.15) is 25.7 Å². The number of nitrogens with zero attached hydrogens (tertiary/aromatic N) is 2. The molecule has 0 saturated heterocycles. The highest BCUT2D eigenvalue weighted by Crippen LogP contribution is 2.28. The first-order valence-electron chi connectivity index (χ1n) is 7.07. The summed E-state index contributed by atoms with van der Waals surface area (Å²) in [4.78, 5) is 32.4. The summed E-state index contributed by atoms with van der Waals surface area (Å²) in [6, 6.07) is 9.80. The Morgan fingerprint density at radius 2 is 2.04 bits per heavy atom. The number of anilines is 1. The van der Waals surface area contributed by atoms with E-state index in [1.165, 1.54) is 23.5 Å². The molecule has 0 spiro atoms. The predicted molar refractivity (Wildman–Crippen MR) is 91.4 cm³/mol. The van der Waals surface area contributed by atoms with Crippen LogP contribution >= 0.6 is 11.3 Å². The SMILES string of the molecule is Cc1nc(-c2cccnc2)sc1C(=O)Nc1cccc(C(=O)O)c1. The van der Waals surface area contributed by atoms with E-state index in [4.69, 9.17) is 5.11 Å². The monoisotopic (exact) mass is 339 g/mol. The van der Waals surface area contributed by atoms with E-state index in [0.717, 1.165) is 5.56 Å². The molecular weight excluding hydrogens is 326 g/mol. The fourth-order valence-corrected chi connectivity index (χ4v) is 3.09. The van der Waals surface area contributed by atoms with Gasteiger partial charge in [-0.05, 0) is 37.3 Å². The number of amides is 1. The number of carbonyl (C=O) groups is 2. The summed E-state index contributed by atoms with van der Waals surface area (Å²) in [5.74, 6) is -1.36. The Hall–Kier alpha value is -3.06. The minimum atomic E-state index is -1.04. The molecule has 7 heteroatoms. The van der Waals surface area contributed by atoms with Crippen LogP contribution in [0.25, 0.3) is 10.6 Å². The number of pyridine rings is 1. The van der Waals surface area contributed by atoms with Gasteiger partial charge >= 0.3 is 5.97 Å². The summed E-state index contributed by atoms with van der Waals surface area (Å²) in [5.41, 5.74) is 2.00. The number of carboxylic acids is 1. The molecule has 0 fully saturated rings. The van der Waals surface area contributed by atoms with Crippen LogP contribution in [0.15, 0.2) is 48.8 Å². The molecule has 3 rings (SSSR count). The van der Waals surface area contributed by atoms with Gasteiger partial charge in [0, 0.05) is 23.6 Å². The summed E-state index contributed by atoms with van der Waals surface area (Å²) in [7, 11) is 0. The molecule has 1 amide bonds. The van der Waals surface area contributed by atoms with Crippen LogP contribution in [0, 0.1) is 6.92 Å². The third kappa shape index (κ3) is 3.31. The standard InChI is InChI=1S/C17H13N3O3S/c1-10-14(24-16(19-10)12-5-3-7-18-9-12)15(21)20-13-6-2-4-11(8-13)17(22)23/h2-9H,1H3,(H,20,21)(H,22,23). The Bertz CT molecular complexity index is 906. The van der Waals surface area contributed by atoms with Crippen molar-refractivity contribution in [1.29, 1.82) is 0 Å². The zero-order valence-electron chi connectivity index (χ0n) is 12.7. The third-order valence-corrected chi connectivity index (χ3v) is 4.48. The van der Waals surface area contributed by atoms with E-state index < -0.39 is 5.97 Å². The first-order valence-corrected chi connectivity index (χ1v) is 7.89. The van der Waals surface area contributed by atoms with Gasteiger partial charge in [-0.1, -0.05) is 6.07 Å². The maximum Gasteiger partial charge on any atom is 0.335 e. The van der Waals surface area contributed by atoms with Gasteiger partial charge in [0.25, 0.3) is 5.91 Å². The second kappa shape index (κ2) is 6.59. The molecule has 0 radical (unpaired) electrons. The van der Waals surface area contributed by atoms with Crippen LogP contribution in [0.2, 0.25) is 0 Å². The van der Waals surface area contributed by atoms with Crippen LogP contribution in [-0.4, -0.2) is 27.0 Å². The second-order valence-corrected chi connectivity index (χ2v) is 6.01. The van der Waals surface area contributed by atoms with E-state index in [9.17, 15) is 9.59 Å². The number of benzene rings is 1. The smallest absolute Gasteiger partial charge is 0.335 e. The molecular formula is C17H13N3O3S. The van der Waals surface area contributed by atoms with Crippen molar-refractivity contribution >= 4 is 28.9 Å². The average Bonchev–Trinajstić information content (AvgIpc) is 2.98. The first-order chi connectivity index (χ1) is 11.5. The number of carboxylic acid groups (broad SMARTS) is 1. The molecule has 0 aliphatic heterocycles. The van der Waals surface area contributed by atoms with Gasteiger partial charge in [-0.15, -0.1) is 11.3 Å². The molecule has 0 aliphatic rings. The number of rotatable bonds is 4. The molecule has 1 aromatic carbocycles. The molecule has 0 saturated carbocycles. The van der Waals surface area contributed by atoms with Crippen molar-refractivity contribution in [2.45, 2.75) is 6.92 Å². The van der Waals surface area contributed by atoms with E-state index in [-0.39, 0.29) is 11.5 Å². The Morgan fingerprint density at radius 3 is 2.75 bits per heavy atom. The maximum atomic E-state index is 12.5. The topological polar surface area (TPSA) is 92.2 Å². The first kappa shape index (κ1) is 15.8. The normalized spacial score (nSPS) is 10.4. The van der Waals surface area contributed by atoms with Crippen molar-refractivity contribution in [3.05, 3.63) is 64.9 Å². The number of hydrogen-bond donors (Lipinski definition) is 2. The molecule has 0 aliphatic carbocycles. The van der Waals surface area contributed by atoms with Gasteiger partial charge in [0.1, 0.15) is 9.88 Å². The number of thiazole rings is 1. The van der Waals surface area contributed by atoms with Gasteiger partial charge in [-0.25, -0.2) is 9.78 Å². The highest BCUT2D eigenvalue weighted by molar-refractivity contribution is 7.17. The molecule has 2 heterocycles. The van der Waals surface area contributed by atoms with E-state index in [1.54, 1.807) is 31.5 Å². The van der Waals surface area contributed by atoms with Gasteiger partial charge in [0.05, 0.1) is 11.3 Å². The molecule has 0 unspecified atom stereocenters. The van der Waals surface area contributed by atoms with Crippen LogP contribution in [-0.2, 0) is 0 Å².